The number of halogens is 1. The van der Waals surface area contributed by atoms with Crippen molar-refractivity contribution >= 4 is 47.4 Å². The van der Waals surface area contributed by atoms with Crippen molar-refractivity contribution in [2.75, 3.05) is 15.7 Å². The molecule has 0 unspecified atom stereocenters. The summed E-state index contributed by atoms with van der Waals surface area (Å²) < 4.78 is 54.6. The summed E-state index contributed by atoms with van der Waals surface area (Å²) >= 11 is 3.31. The van der Waals surface area contributed by atoms with Crippen molar-refractivity contribution in [2.45, 2.75) is 25.7 Å². The van der Waals surface area contributed by atoms with E-state index >= 15 is 0 Å². The molecule has 0 bridgehead atoms. The summed E-state index contributed by atoms with van der Waals surface area (Å²) in [6, 6.07) is 8.50. The van der Waals surface area contributed by atoms with Crippen LogP contribution in [0.1, 0.15) is 16.7 Å². The van der Waals surface area contributed by atoms with E-state index in [1.807, 2.05) is 0 Å². The number of aryl methyl sites for hydroxylation is 2. The van der Waals surface area contributed by atoms with Gasteiger partial charge in [0, 0.05) is 4.47 Å². The molecule has 9 heteroatoms. The van der Waals surface area contributed by atoms with Gasteiger partial charge in [0.1, 0.15) is 0 Å². The zero-order chi connectivity index (χ0) is 19.0. The van der Waals surface area contributed by atoms with Crippen LogP contribution in [0.25, 0.3) is 0 Å². The Kier molecular flexibility index (Phi) is 5.50. The molecule has 0 saturated carbocycles. The topological polar surface area (TPSA) is 92.3 Å². The zero-order valence-corrected chi connectivity index (χ0v) is 17.4. The lowest BCUT2D eigenvalue weighted by Crippen LogP contribution is -2.19. The maximum absolute atomic E-state index is 12.9. The molecule has 6 nitrogen and oxygen atoms in total. The Morgan fingerprint density at radius 1 is 0.920 bits per heavy atom. The van der Waals surface area contributed by atoms with Crippen molar-refractivity contribution in [3.05, 3.63) is 51.5 Å². The summed E-state index contributed by atoms with van der Waals surface area (Å²) in [5, 5.41) is 0. The van der Waals surface area contributed by atoms with Crippen LogP contribution in [-0.2, 0) is 20.0 Å². The van der Waals surface area contributed by atoms with Gasteiger partial charge in [0.2, 0.25) is 10.0 Å². The molecule has 2 aromatic carbocycles. The second-order valence-electron chi connectivity index (χ2n) is 5.80. The Morgan fingerprint density at radius 3 is 2.08 bits per heavy atom. The first-order valence-corrected chi connectivity index (χ1v) is 11.4. The van der Waals surface area contributed by atoms with E-state index in [0.717, 1.165) is 6.26 Å². The number of rotatable bonds is 5. The van der Waals surface area contributed by atoms with E-state index in [1.165, 1.54) is 0 Å². The van der Waals surface area contributed by atoms with E-state index in [1.54, 1.807) is 51.1 Å². The summed E-state index contributed by atoms with van der Waals surface area (Å²) in [6.45, 7) is 4.99. The van der Waals surface area contributed by atoms with Gasteiger partial charge in [-0.05, 0) is 65.5 Å². The lowest BCUT2D eigenvalue weighted by atomic mass is 10.1. The van der Waals surface area contributed by atoms with Gasteiger partial charge in [0.05, 0.1) is 22.5 Å². The quantitative estimate of drug-likeness (QED) is 0.734. The lowest BCUT2D eigenvalue weighted by molar-refractivity contribution is 0.599. The molecule has 0 fully saturated rings. The maximum Gasteiger partial charge on any atom is 0.262 e. The van der Waals surface area contributed by atoms with Crippen molar-refractivity contribution in [3.63, 3.8) is 0 Å². The van der Waals surface area contributed by atoms with Gasteiger partial charge in [-0.25, -0.2) is 16.8 Å². The number of hydrogen-bond donors (Lipinski definition) is 2. The van der Waals surface area contributed by atoms with Gasteiger partial charge in [-0.15, -0.1) is 0 Å². The fraction of sp³-hybridized carbons (Fsp3) is 0.250. The fourth-order valence-corrected chi connectivity index (χ4v) is 5.42. The molecule has 0 aliphatic heterocycles. The van der Waals surface area contributed by atoms with E-state index in [9.17, 15) is 16.8 Å². The molecule has 0 aliphatic rings. The highest BCUT2D eigenvalue weighted by atomic mass is 79.9. The lowest BCUT2D eigenvalue weighted by Gasteiger charge is -2.19. The smallest absolute Gasteiger partial charge is 0.262 e. The Balaban J connectivity index is 2.61. The third kappa shape index (κ3) is 4.53. The van der Waals surface area contributed by atoms with E-state index in [2.05, 4.69) is 25.4 Å². The van der Waals surface area contributed by atoms with Crippen LogP contribution in [0.3, 0.4) is 0 Å². The molecule has 0 aliphatic carbocycles. The minimum Gasteiger partial charge on any atom is -0.283 e. The van der Waals surface area contributed by atoms with Gasteiger partial charge in [0.15, 0.2) is 0 Å². The monoisotopic (exact) mass is 446 g/mol. The van der Waals surface area contributed by atoms with Crippen molar-refractivity contribution in [2.24, 2.45) is 0 Å². The zero-order valence-electron chi connectivity index (χ0n) is 14.2. The van der Waals surface area contributed by atoms with E-state index in [-0.39, 0.29) is 10.6 Å². The number of sulfonamides is 2. The van der Waals surface area contributed by atoms with Gasteiger partial charge in [-0.3, -0.25) is 9.44 Å². The SMILES string of the molecule is Cc1cc(C)c(S(=O)(=O)Nc2ccccc2Br)c(C)c1NS(C)(=O)=O. The number of hydrogen-bond acceptors (Lipinski definition) is 4. The van der Waals surface area contributed by atoms with Crippen LogP contribution in [0, 0.1) is 20.8 Å². The molecular formula is C16H19BrN2O4S2. The van der Waals surface area contributed by atoms with Crippen LogP contribution >= 0.6 is 15.9 Å². The highest BCUT2D eigenvalue weighted by molar-refractivity contribution is 9.10. The molecule has 136 valence electrons. The van der Waals surface area contributed by atoms with Crippen molar-refractivity contribution < 1.29 is 16.8 Å². The third-order valence-corrected chi connectivity index (χ3v) is 6.50. The number of nitrogens with one attached hydrogen (secondary N) is 2. The van der Waals surface area contributed by atoms with Gasteiger partial charge >= 0.3 is 0 Å². The van der Waals surface area contributed by atoms with E-state index < -0.39 is 20.0 Å². The van der Waals surface area contributed by atoms with Crippen LogP contribution in [0.5, 0.6) is 0 Å². The van der Waals surface area contributed by atoms with Gasteiger partial charge in [0.25, 0.3) is 10.0 Å². The first-order chi connectivity index (χ1) is 11.4. The average molecular weight is 447 g/mol. The summed E-state index contributed by atoms with van der Waals surface area (Å²) in [5.41, 5.74) is 2.22. The normalized spacial score (nSPS) is 12.0. The van der Waals surface area contributed by atoms with Crippen LogP contribution in [0.4, 0.5) is 11.4 Å². The molecule has 0 radical (unpaired) electrons. The van der Waals surface area contributed by atoms with Gasteiger partial charge in [-0.1, -0.05) is 18.2 Å². The van der Waals surface area contributed by atoms with E-state index in [0.29, 0.717) is 26.9 Å². The first kappa shape index (κ1) is 19.7. The number of para-hydroxylation sites is 1. The van der Waals surface area contributed by atoms with Crippen molar-refractivity contribution in [3.8, 4) is 0 Å². The van der Waals surface area contributed by atoms with Crippen LogP contribution in [-0.4, -0.2) is 23.1 Å². The minimum atomic E-state index is -3.91. The second kappa shape index (κ2) is 6.97. The minimum absolute atomic E-state index is 0.0556. The number of benzene rings is 2. The predicted octanol–water partition coefficient (Wildman–Crippen LogP) is 3.55. The maximum atomic E-state index is 12.9. The Labute approximate surface area is 156 Å². The average Bonchev–Trinajstić information content (AvgIpc) is 2.44. The standard InChI is InChI=1S/C16H19BrN2O4S2/c1-10-9-11(2)16(12(3)15(10)19-24(4,20)21)25(22,23)18-14-8-6-5-7-13(14)17/h5-9,18-19H,1-4H3. The summed E-state index contributed by atoms with van der Waals surface area (Å²) in [6.07, 6.45) is 1.03. The molecule has 2 N–H and O–H groups in total. The van der Waals surface area contributed by atoms with Crippen molar-refractivity contribution in [1.82, 2.24) is 0 Å². The second-order valence-corrected chi connectivity index (χ2v) is 10.0. The largest absolute Gasteiger partial charge is 0.283 e. The molecule has 0 saturated heterocycles. The van der Waals surface area contributed by atoms with E-state index in [4.69, 9.17) is 0 Å². The summed E-state index contributed by atoms with van der Waals surface area (Å²) in [4.78, 5) is 0.0556. The Morgan fingerprint density at radius 2 is 1.52 bits per heavy atom. The molecule has 0 atom stereocenters. The molecule has 0 amide bonds. The molecule has 25 heavy (non-hydrogen) atoms. The van der Waals surface area contributed by atoms with Crippen molar-refractivity contribution in [1.29, 1.82) is 0 Å². The third-order valence-electron chi connectivity index (χ3n) is 3.58. The number of anilines is 2. The molecule has 0 aromatic heterocycles. The van der Waals surface area contributed by atoms with Gasteiger partial charge < -0.3 is 0 Å². The molecule has 2 rings (SSSR count). The Bertz CT molecular complexity index is 1030. The summed E-state index contributed by atoms with van der Waals surface area (Å²) in [5.74, 6) is 0. The first-order valence-electron chi connectivity index (χ1n) is 7.28. The molecular weight excluding hydrogens is 428 g/mol. The highest BCUT2D eigenvalue weighted by Crippen LogP contribution is 2.33. The fourth-order valence-electron chi connectivity index (χ4n) is 2.66. The molecule has 0 spiro atoms. The molecule has 2 aromatic rings. The summed E-state index contributed by atoms with van der Waals surface area (Å²) in [7, 11) is -7.44. The molecule has 0 heterocycles. The van der Waals surface area contributed by atoms with Crippen LogP contribution in [0.2, 0.25) is 0 Å². The van der Waals surface area contributed by atoms with Gasteiger partial charge in [-0.2, -0.15) is 0 Å². The van der Waals surface area contributed by atoms with Crippen LogP contribution in [0.15, 0.2) is 39.7 Å². The van der Waals surface area contributed by atoms with Crippen LogP contribution < -0.4 is 9.44 Å². The highest BCUT2D eigenvalue weighted by Gasteiger charge is 2.24. The Hall–Kier alpha value is -1.58. The predicted molar refractivity (Wildman–Crippen MR) is 104 cm³/mol.